The molecule has 0 saturated heterocycles. The first-order chi connectivity index (χ1) is 8.24. The van der Waals surface area contributed by atoms with Crippen molar-refractivity contribution >= 4 is 5.69 Å². The van der Waals surface area contributed by atoms with Crippen LogP contribution in [0.3, 0.4) is 0 Å². The van der Waals surface area contributed by atoms with Gasteiger partial charge in [-0.15, -0.1) is 0 Å². The highest BCUT2D eigenvalue weighted by atomic mass is 16.5. The van der Waals surface area contributed by atoms with Crippen LogP contribution >= 0.6 is 0 Å². The Labute approximate surface area is 110 Å². The van der Waals surface area contributed by atoms with Crippen molar-refractivity contribution in [2.75, 3.05) is 25.6 Å². The number of hydrogen-bond acceptors (Lipinski definition) is 3. The van der Waals surface area contributed by atoms with Gasteiger partial charge in [-0.3, -0.25) is 0 Å². The van der Waals surface area contributed by atoms with Gasteiger partial charge in [-0.1, -0.05) is 19.9 Å². The van der Waals surface area contributed by atoms with Crippen LogP contribution in [-0.4, -0.2) is 31.4 Å². The summed E-state index contributed by atoms with van der Waals surface area (Å²) in [5, 5.41) is 9.91. The summed E-state index contributed by atoms with van der Waals surface area (Å²) < 4.78 is 5.39. The predicted octanol–water partition coefficient (Wildman–Crippen LogP) is 3.03. The number of hydrogen-bond donors (Lipinski definition) is 1. The minimum atomic E-state index is -0.729. The molecular weight excluding hydrogens is 226 g/mol. The van der Waals surface area contributed by atoms with Crippen LogP contribution in [0.2, 0.25) is 0 Å². The molecule has 3 heteroatoms. The summed E-state index contributed by atoms with van der Waals surface area (Å²) in [5.74, 6) is 1.32. The van der Waals surface area contributed by atoms with Gasteiger partial charge in [0.15, 0.2) is 0 Å². The van der Waals surface area contributed by atoms with Crippen LogP contribution in [0.25, 0.3) is 0 Å². The number of rotatable bonds is 5. The van der Waals surface area contributed by atoms with Gasteiger partial charge in [0.1, 0.15) is 5.75 Å². The van der Waals surface area contributed by atoms with Crippen LogP contribution in [-0.2, 0) is 0 Å². The Morgan fingerprint density at radius 1 is 1.33 bits per heavy atom. The molecule has 0 aliphatic heterocycles. The zero-order chi connectivity index (χ0) is 13.9. The van der Waals surface area contributed by atoms with Gasteiger partial charge in [-0.05, 0) is 37.5 Å². The van der Waals surface area contributed by atoms with E-state index in [0.717, 1.165) is 11.4 Å². The highest BCUT2D eigenvalue weighted by Gasteiger charge is 2.18. The van der Waals surface area contributed by atoms with E-state index < -0.39 is 5.60 Å². The minimum absolute atomic E-state index is 0.477. The van der Waals surface area contributed by atoms with E-state index in [-0.39, 0.29) is 0 Å². The molecule has 0 fully saturated rings. The number of aliphatic hydroxyl groups is 1. The average molecular weight is 251 g/mol. The summed E-state index contributed by atoms with van der Waals surface area (Å²) in [6.07, 6.45) is 0. The molecule has 1 aromatic carbocycles. The van der Waals surface area contributed by atoms with Gasteiger partial charge in [0.05, 0.1) is 18.4 Å². The van der Waals surface area contributed by atoms with E-state index in [1.807, 2.05) is 31.9 Å². The predicted molar refractivity (Wildman–Crippen MR) is 76.7 cm³/mol. The van der Waals surface area contributed by atoms with E-state index in [4.69, 9.17) is 4.74 Å². The van der Waals surface area contributed by atoms with E-state index >= 15 is 0 Å². The maximum Gasteiger partial charge on any atom is 0.142 e. The molecule has 0 saturated carbocycles. The lowest BCUT2D eigenvalue weighted by Crippen LogP contribution is -2.36. The average Bonchev–Trinajstić information content (AvgIpc) is 2.25. The summed E-state index contributed by atoms with van der Waals surface area (Å²) in [5.41, 5.74) is 1.56. The van der Waals surface area contributed by atoms with Crippen LogP contribution in [0, 0.1) is 0 Å². The number of anilines is 1. The summed E-state index contributed by atoms with van der Waals surface area (Å²) in [4.78, 5) is 2.03. The quantitative estimate of drug-likeness (QED) is 0.873. The maximum absolute atomic E-state index is 9.91. The van der Waals surface area contributed by atoms with Crippen molar-refractivity contribution in [2.24, 2.45) is 0 Å². The maximum atomic E-state index is 9.91. The molecule has 0 amide bonds. The Hall–Kier alpha value is -1.22. The van der Waals surface area contributed by atoms with Gasteiger partial charge >= 0.3 is 0 Å². The second-order valence-electron chi connectivity index (χ2n) is 5.75. The molecule has 1 rings (SSSR count). The fraction of sp³-hybridized carbons (Fsp3) is 0.600. The molecule has 0 spiro atoms. The van der Waals surface area contributed by atoms with Crippen LogP contribution < -0.4 is 9.64 Å². The van der Waals surface area contributed by atoms with Gasteiger partial charge < -0.3 is 14.7 Å². The Kier molecular flexibility index (Phi) is 4.63. The monoisotopic (exact) mass is 251 g/mol. The van der Waals surface area contributed by atoms with Gasteiger partial charge in [0.25, 0.3) is 0 Å². The molecule has 0 aromatic heterocycles. The van der Waals surface area contributed by atoms with Crippen LogP contribution in [0.15, 0.2) is 18.2 Å². The highest BCUT2D eigenvalue weighted by Crippen LogP contribution is 2.31. The van der Waals surface area contributed by atoms with E-state index in [1.54, 1.807) is 7.11 Å². The molecule has 0 aliphatic rings. The van der Waals surface area contributed by atoms with E-state index in [9.17, 15) is 5.11 Å². The molecule has 1 N–H and O–H groups in total. The number of ether oxygens (including phenoxy) is 1. The zero-order valence-electron chi connectivity index (χ0n) is 12.3. The van der Waals surface area contributed by atoms with Crippen molar-refractivity contribution in [1.82, 2.24) is 0 Å². The van der Waals surface area contributed by atoms with Crippen molar-refractivity contribution in [3.05, 3.63) is 23.8 Å². The van der Waals surface area contributed by atoms with Crippen molar-refractivity contribution in [3.8, 4) is 5.75 Å². The lowest BCUT2D eigenvalue weighted by atomic mass is 10.0. The van der Waals surface area contributed by atoms with E-state index in [1.165, 1.54) is 5.56 Å². The summed E-state index contributed by atoms with van der Waals surface area (Å²) >= 11 is 0. The molecule has 18 heavy (non-hydrogen) atoms. The van der Waals surface area contributed by atoms with Gasteiger partial charge in [-0.25, -0.2) is 0 Å². The number of benzene rings is 1. The standard InChI is InChI=1S/C15H25NO2/c1-11(2)12-7-8-14(18-6)13(9-12)16(5)10-15(3,4)17/h7-9,11,17H,10H2,1-6H3. The Morgan fingerprint density at radius 2 is 1.94 bits per heavy atom. The Morgan fingerprint density at radius 3 is 2.39 bits per heavy atom. The molecular formula is C15H25NO2. The molecule has 0 atom stereocenters. The highest BCUT2D eigenvalue weighted by molar-refractivity contribution is 5.60. The number of nitrogens with zero attached hydrogens (tertiary/aromatic N) is 1. The van der Waals surface area contributed by atoms with E-state index in [2.05, 4.69) is 26.0 Å². The Bertz CT molecular complexity index is 394. The first kappa shape index (κ1) is 14.8. The van der Waals surface area contributed by atoms with Crippen LogP contribution in [0.4, 0.5) is 5.69 Å². The summed E-state index contributed by atoms with van der Waals surface area (Å²) in [6.45, 7) is 8.51. The fourth-order valence-electron chi connectivity index (χ4n) is 2.03. The number of likely N-dealkylation sites (N-methyl/N-ethyl adjacent to an activating group) is 1. The second-order valence-corrected chi connectivity index (χ2v) is 5.75. The zero-order valence-corrected chi connectivity index (χ0v) is 12.3. The van der Waals surface area contributed by atoms with Gasteiger partial charge in [0.2, 0.25) is 0 Å². The third-order valence-corrected chi connectivity index (χ3v) is 2.90. The molecule has 102 valence electrons. The fourth-order valence-corrected chi connectivity index (χ4v) is 2.03. The summed E-state index contributed by atoms with van der Waals surface area (Å²) in [7, 11) is 3.64. The largest absolute Gasteiger partial charge is 0.495 e. The van der Waals surface area contributed by atoms with Gasteiger partial charge in [0, 0.05) is 13.6 Å². The summed E-state index contributed by atoms with van der Waals surface area (Å²) in [6, 6.07) is 6.21. The first-order valence-electron chi connectivity index (χ1n) is 6.36. The van der Waals surface area contributed by atoms with Crippen molar-refractivity contribution in [1.29, 1.82) is 0 Å². The lowest BCUT2D eigenvalue weighted by Gasteiger charge is -2.29. The SMILES string of the molecule is COc1ccc(C(C)C)cc1N(C)CC(C)(C)O. The molecule has 0 radical (unpaired) electrons. The molecule has 0 aliphatic carbocycles. The molecule has 0 heterocycles. The number of methoxy groups -OCH3 is 1. The third-order valence-electron chi connectivity index (χ3n) is 2.90. The molecule has 1 aromatic rings. The normalized spacial score (nSPS) is 11.8. The molecule has 0 bridgehead atoms. The minimum Gasteiger partial charge on any atom is -0.495 e. The topological polar surface area (TPSA) is 32.7 Å². The lowest BCUT2D eigenvalue weighted by molar-refractivity contribution is 0.0885. The first-order valence-corrected chi connectivity index (χ1v) is 6.36. The third kappa shape index (κ3) is 3.91. The molecule has 0 unspecified atom stereocenters. The van der Waals surface area contributed by atoms with Crippen LogP contribution in [0.1, 0.15) is 39.2 Å². The smallest absolute Gasteiger partial charge is 0.142 e. The van der Waals surface area contributed by atoms with Crippen molar-refractivity contribution < 1.29 is 9.84 Å². The second kappa shape index (κ2) is 5.61. The Balaban J connectivity index is 3.07. The van der Waals surface area contributed by atoms with Gasteiger partial charge in [-0.2, -0.15) is 0 Å². The van der Waals surface area contributed by atoms with Crippen molar-refractivity contribution in [2.45, 2.75) is 39.2 Å². The molecule has 3 nitrogen and oxygen atoms in total. The van der Waals surface area contributed by atoms with E-state index in [0.29, 0.717) is 12.5 Å². The van der Waals surface area contributed by atoms with Crippen LogP contribution in [0.5, 0.6) is 5.75 Å². The van der Waals surface area contributed by atoms with Crippen molar-refractivity contribution in [3.63, 3.8) is 0 Å².